The van der Waals surface area contributed by atoms with E-state index in [4.69, 9.17) is 0 Å². The number of aryl methyl sites for hydroxylation is 1. The van der Waals surface area contributed by atoms with E-state index < -0.39 is 0 Å². The number of thiophene rings is 1. The van der Waals surface area contributed by atoms with Crippen LogP contribution in [0.5, 0.6) is 0 Å². The lowest BCUT2D eigenvalue weighted by molar-refractivity contribution is 0.0951. The zero-order valence-electron chi connectivity index (χ0n) is 15.0. The van der Waals surface area contributed by atoms with Gasteiger partial charge in [0.25, 0.3) is 5.91 Å². The van der Waals surface area contributed by atoms with Gasteiger partial charge in [-0.15, -0.1) is 11.3 Å². The summed E-state index contributed by atoms with van der Waals surface area (Å²) < 4.78 is 0. The average molecular weight is 375 g/mol. The van der Waals surface area contributed by atoms with Gasteiger partial charge < -0.3 is 5.32 Å². The second-order valence-electron chi connectivity index (χ2n) is 6.60. The standard InChI is InChI=1S/C22H21N3OS/c26-21(24-14-16-6-2-1-3-7-16)20-18-8-4-5-9-19(18)27-22(20)25-15-17-10-12-23-13-11-17/h1-3,6-7,10-13,15H,4-5,8-9,14H2,(H,24,26). The maximum Gasteiger partial charge on any atom is 0.254 e. The van der Waals surface area contributed by atoms with Gasteiger partial charge in [-0.3, -0.25) is 9.78 Å². The van der Waals surface area contributed by atoms with E-state index in [0.717, 1.165) is 41.0 Å². The summed E-state index contributed by atoms with van der Waals surface area (Å²) in [6, 6.07) is 13.8. The molecule has 0 atom stereocenters. The van der Waals surface area contributed by atoms with E-state index in [9.17, 15) is 4.79 Å². The molecule has 136 valence electrons. The van der Waals surface area contributed by atoms with Gasteiger partial charge in [-0.2, -0.15) is 0 Å². The molecule has 27 heavy (non-hydrogen) atoms. The van der Waals surface area contributed by atoms with Crippen molar-refractivity contribution in [1.82, 2.24) is 10.3 Å². The van der Waals surface area contributed by atoms with E-state index in [1.807, 2.05) is 48.7 Å². The maximum atomic E-state index is 13.0. The lowest BCUT2D eigenvalue weighted by atomic mass is 9.95. The number of nitrogens with one attached hydrogen (secondary N) is 1. The molecule has 0 bridgehead atoms. The molecule has 1 aromatic carbocycles. The van der Waals surface area contributed by atoms with E-state index in [1.165, 1.54) is 16.9 Å². The minimum atomic E-state index is -0.0277. The second kappa shape index (κ2) is 8.27. The zero-order valence-corrected chi connectivity index (χ0v) is 15.8. The molecule has 1 aliphatic carbocycles. The van der Waals surface area contributed by atoms with Crippen molar-refractivity contribution in [2.45, 2.75) is 32.2 Å². The number of hydrogen-bond acceptors (Lipinski definition) is 4. The molecule has 0 saturated heterocycles. The second-order valence-corrected chi connectivity index (χ2v) is 7.68. The summed E-state index contributed by atoms with van der Waals surface area (Å²) in [6.45, 7) is 0.526. The van der Waals surface area contributed by atoms with Gasteiger partial charge in [-0.05, 0) is 54.5 Å². The molecule has 0 aliphatic heterocycles. The van der Waals surface area contributed by atoms with Crippen LogP contribution in [0.2, 0.25) is 0 Å². The number of pyridine rings is 1. The Labute approximate surface area is 163 Å². The molecule has 2 heterocycles. The first-order valence-electron chi connectivity index (χ1n) is 9.22. The third-order valence-corrected chi connectivity index (χ3v) is 5.91. The summed E-state index contributed by atoms with van der Waals surface area (Å²) >= 11 is 1.66. The molecule has 5 heteroatoms. The Morgan fingerprint density at radius 1 is 1.11 bits per heavy atom. The van der Waals surface area contributed by atoms with Crippen molar-refractivity contribution in [2.24, 2.45) is 4.99 Å². The fraction of sp³-hybridized carbons (Fsp3) is 0.227. The molecular weight excluding hydrogens is 354 g/mol. The predicted octanol–water partition coefficient (Wildman–Crippen LogP) is 4.70. The minimum Gasteiger partial charge on any atom is -0.348 e. The van der Waals surface area contributed by atoms with Crippen molar-refractivity contribution in [3.63, 3.8) is 0 Å². The van der Waals surface area contributed by atoms with Crippen LogP contribution >= 0.6 is 11.3 Å². The van der Waals surface area contributed by atoms with Gasteiger partial charge >= 0.3 is 0 Å². The lowest BCUT2D eigenvalue weighted by Gasteiger charge is -2.12. The van der Waals surface area contributed by atoms with Gasteiger partial charge in [-0.1, -0.05) is 30.3 Å². The Hall–Kier alpha value is -2.79. The molecule has 4 rings (SSSR count). The molecule has 3 aromatic rings. The van der Waals surface area contributed by atoms with Gasteiger partial charge in [0.15, 0.2) is 0 Å². The molecule has 1 N–H and O–H groups in total. The topological polar surface area (TPSA) is 54.4 Å². The van der Waals surface area contributed by atoms with E-state index in [0.29, 0.717) is 6.54 Å². The average Bonchev–Trinajstić information content (AvgIpc) is 3.10. The Balaban J connectivity index is 1.60. The highest BCUT2D eigenvalue weighted by molar-refractivity contribution is 7.16. The molecule has 0 fully saturated rings. The Morgan fingerprint density at radius 3 is 2.70 bits per heavy atom. The molecule has 0 radical (unpaired) electrons. The number of nitrogens with zero attached hydrogens (tertiary/aromatic N) is 2. The van der Waals surface area contributed by atoms with Gasteiger partial charge in [-0.25, -0.2) is 4.99 Å². The number of aromatic nitrogens is 1. The first-order valence-corrected chi connectivity index (χ1v) is 10.0. The van der Waals surface area contributed by atoms with Crippen LogP contribution in [0.1, 0.15) is 44.8 Å². The molecular formula is C22H21N3OS. The van der Waals surface area contributed by atoms with Crippen LogP contribution < -0.4 is 5.32 Å². The van der Waals surface area contributed by atoms with Crippen LogP contribution in [0.25, 0.3) is 0 Å². The number of aliphatic imine (C=N–C) groups is 1. The number of carbonyl (C=O) groups excluding carboxylic acids is 1. The molecule has 2 aromatic heterocycles. The minimum absolute atomic E-state index is 0.0277. The van der Waals surface area contributed by atoms with Crippen molar-refractivity contribution in [1.29, 1.82) is 0 Å². The third-order valence-electron chi connectivity index (χ3n) is 4.71. The molecule has 1 amide bonds. The summed E-state index contributed by atoms with van der Waals surface area (Å²) in [5, 5.41) is 3.88. The van der Waals surface area contributed by atoms with Crippen molar-refractivity contribution >= 4 is 28.5 Å². The highest BCUT2D eigenvalue weighted by Crippen LogP contribution is 2.39. The van der Waals surface area contributed by atoms with Crippen LogP contribution in [0.15, 0.2) is 59.9 Å². The van der Waals surface area contributed by atoms with Gasteiger partial charge in [0.05, 0.1) is 5.56 Å². The number of amides is 1. The Morgan fingerprint density at radius 2 is 1.89 bits per heavy atom. The SMILES string of the molecule is O=C(NCc1ccccc1)c1c(N=Cc2ccncc2)sc2c1CCCC2. The Kier molecular flexibility index (Phi) is 5.39. The van der Waals surface area contributed by atoms with Crippen molar-refractivity contribution in [2.75, 3.05) is 0 Å². The fourth-order valence-electron chi connectivity index (χ4n) is 3.33. The fourth-order valence-corrected chi connectivity index (χ4v) is 4.56. The molecule has 4 nitrogen and oxygen atoms in total. The summed E-state index contributed by atoms with van der Waals surface area (Å²) in [7, 11) is 0. The van der Waals surface area contributed by atoms with Crippen molar-refractivity contribution in [3.8, 4) is 0 Å². The largest absolute Gasteiger partial charge is 0.348 e. The van der Waals surface area contributed by atoms with E-state index in [-0.39, 0.29) is 5.91 Å². The normalized spacial score (nSPS) is 13.5. The number of carbonyl (C=O) groups is 1. The number of rotatable bonds is 5. The highest BCUT2D eigenvalue weighted by atomic mass is 32.1. The predicted molar refractivity (Wildman–Crippen MR) is 110 cm³/mol. The summed E-state index contributed by atoms with van der Waals surface area (Å²) in [5.41, 5.74) is 4.03. The van der Waals surface area contributed by atoms with Crippen LogP contribution in [0.4, 0.5) is 5.00 Å². The first kappa shape index (κ1) is 17.6. The molecule has 0 unspecified atom stereocenters. The first-order chi connectivity index (χ1) is 13.3. The number of fused-ring (bicyclic) bond motifs is 1. The van der Waals surface area contributed by atoms with E-state index in [1.54, 1.807) is 23.7 Å². The van der Waals surface area contributed by atoms with Gasteiger partial charge in [0.2, 0.25) is 0 Å². The number of hydrogen-bond donors (Lipinski definition) is 1. The van der Waals surface area contributed by atoms with Crippen LogP contribution in [-0.2, 0) is 19.4 Å². The summed E-state index contributed by atoms with van der Waals surface area (Å²) in [6.07, 6.45) is 9.63. The molecule has 0 saturated carbocycles. The lowest BCUT2D eigenvalue weighted by Crippen LogP contribution is -2.24. The summed E-state index contributed by atoms with van der Waals surface area (Å²) in [4.78, 5) is 23.0. The van der Waals surface area contributed by atoms with Crippen LogP contribution in [0.3, 0.4) is 0 Å². The van der Waals surface area contributed by atoms with E-state index >= 15 is 0 Å². The maximum absolute atomic E-state index is 13.0. The van der Waals surface area contributed by atoms with Gasteiger partial charge in [0.1, 0.15) is 5.00 Å². The van der Waals surface area contributed by atoms with Crippen molar-refractivity contribution in [3.05, 3.63) is 82.0 Å². The smallest absolute Gasteiger partial charge is 0.254 e. The summed E-state index contributed by atoms with van der Waals surface area (Å²) in [5.74, 6) is -0.0277. The number of benzene rings is 1. The third kappa shape index (κ3) is 4.14. The van der Waals surface area contributed by atoms with Crippen molar-refractivity contribution < 1.29 is 4.79 Å². The zero-order chi connectivity index (χ0) is 18.5. The van der Waals surface area contributed by atoms with E-state index in [2.05, 4.69) is 15.3 Å². The monoisotopic (exact) mass is 375 g/mol. The Bertz CT molecular complexity index is 948. The van der Waals surface area contributed by atoms with Crippen LogP contribution in [-0.4, -0.2) is 17.1 Å². The molecule has 0 spiro atoms. The van der Waals surface area contributed by atoms with Crippen LogP contribution in [0, 0.1) is 0 Å². The van der Waals surface area contributed by atoms with Gasteiger partial charge in [0, 0.05) is 30.0 Å². The molecule has 1 aliphatic rings. The quantitative estimate of drug-likeness (QED) is 0.657. The highest BCUT2D eigenvalue weighted by Gasteiger charge is 2.25.